The number of carbonyl (C=O) groups is 1. The third kappa shape index (κ3) is 2.86. The highest BCUT2D eigenvalue weighted by Gasteiger charge is 2.31. The second kappa shape index (κ2) is 5.93. The molecule has 18 heavy (non-hydrogen) atoms. The highest BCUT2D eigenvalue weighted by Crippen LogP contribution is 2.15. The smallest absolute Gasteiger partial charge is 0.239 e. The first-order valence-corrected chi connectivity index (χ1v) is 6.26. The zero-order valence-corrected chi connectivity index (χ0v) is 10.5. The first-order valence-electron chi connectivity index (χ1n) is 6.26. The summed E-state index contributed by atoms with van der Waals surface area (Å²) in [5.41, 5.74) is 0.914. The number of carbonyl (C=O) groups excluding carboxylic acids is 1. The van der Waals surface area contributed by atoms with Gasteiger partial charge >= 0.3 is 0 Å². The van der Waals surface area contributed by atoms with Gasteiger partial charge < -0.3 is 10.4 Å². The number of aliphatic hydroxyl groups excluding tert-OH is 1. The van der Waals surface area contributed by atoms with E-state index < -0.39 is 6.04 Å². The van der Waals surface area contributed by atoms with Crippen LogP contribution in [-0.2, 0) is 11.3 Å². The van der Waals surface area contributed by atoms with E-state index >= 15 is 0 Å². The monoisotopic (exact) mass is 249 g/mol. The molecule has 2 rings (SSSR count). The van der Waals surface area contributed by atoms with Gasteiger partial charge in [-0.2, -0.15) is 0 Å². The van der Waals surface area contributed by atoms with Crippen molar-refractivity contribution in [2.24, 2.45) is 0 Å². The van der Waals surface area contributed by atoms with Crippen LogP contribution in [0.15, 0.2) is 24.4 Å². The zero-order valence-electron chi connectivity index (χ0n) is 10.5. The number of pyridine rings is 1. The molecule has 2 N–H and O–H groups in total. The Bertz CT molecular complexity index is 396. The molecular formula is C13H19N3O2. The number of rotatable bonds is 3. The lowest BCUT2D eigenvalue weighted by Crippen LogP contribution is -2.48. The van der Waals surface area contributed by atoms with Crippen LogP contribution in [0.25, 0.3) is 0 Å². The molecule has 2 heterocycles. The molecule has 0 bridgehead atoms. The van der Waals surface area contributed by atoms with Crippen molar-refractivity contribution in [3.63, 3.8) is 0 Å². The van der Waals surface area contributed by atoms with Crippen LogP contribution in [0, 0.1) is 0 Å². The Morgan fingerprint density at radius 1 is 1.56 bits per heavy atom. The third-order valence-corrected chi connectivity index (χ3v) is 3.37. The number of hydrogen-bond donors (Lipinski definition) is 2. The first-order chi connectivity index (χ1) is 8.72. The predicted octanol–water partition coefficient (Wildman–Crippen LogP) is 0.153. The Hall–Kier alpha value is -1.46. The van der Waals surface area contributed by atoms with Crippen LogP contribution in [0.5, 0.6) is 0 Å². The van der Waals surface area contributed by atoms with Crippen LogP contribution in [0.3, 0.4) is 0 Å². The summed E-state index contributed by atoms with van der Waals surface area (Å²) in [5, 5.41) is 12.3. The van der Waals surface area contributed by atoms with Crippen LogP contribution >= 0.6 is 0 Å². The third-order valence-electron chi connectivity index (χ3n) is 3.37. The number of amides is 1. The lowest BCUT2D eigenvalue weighted by Gasteiger charge is -2.31. The van der Waals surface area contributed by atoms with Crippen molar-refractivity contribution in [1.29, 1.82) is 0 Å². The minimum absolute atomic E-state index is 0.0993. The minimum atomic E-state index is -0.482. The van der Waals surface area contributed by atoms with E-state index in [9.17, 15) is 9.90 Å². The van der Waals surface area contributed by atoms with Crippen molar-refractivity contribution in [3.05, 3.63) is 30.1 Å². The number of nitrogens with one attached hydrogen (secondary N) is 1. The van der Waals surface area contributed by atoms with Gasteiger partial charge in [0.1, 0.15) is 6.04 Å². The molecular weight excluding hydrogens is 230 g/mol. The molecule has 0 aliphatic carbocycles. The van der Waals surface area contributed by atoms with Crippen molar-refractivity contribution in [2.75, 3.05) is 13.2 Å². The molecule has 1 aromatic rings. The summed E-state index contributed by atoms with van der Waals surface area (Å²) in [6.45, 7) is 3.16. The fourth-order valence-corrected chi connectivity index (χ4v) is 2.28. The number of hydrogen-bond acceptors (Lipinski definition) is 4. The molecule has 1 saturated heterocycles. The normalized spacial score (nSPS) is 25.6. The number of aliphatic hydroxyl groups is 1. The van der Waals surface area contributed by atoms with Gasteiger partial charge in [-0.3, -0.25) is 14.7 Å². The Kier molecular flexibility index (Phi) is 4.28. The summed E-state index contributed by atoms with van der Waals surface area (Å²) in [5.74, 6) is -0.0993. The molecule has 1 fully saturated rings. The second-order valence-electron chi connectivity index (χ2n) is 4.62. The van der Waals surface area contributed by atoms with Crippen molar-refractivity contribution in [1.82, 2.24) is 15.2 Å². The second-order valence-corrected chi connectivity index (χ2v) is 4.62. The number of nitrogens with zero attached hydrogens (tertiary/aromatic N) is 2. The van der Waals surface area contributed by atoms with Gasteiger partial charge in [-0.25, -0.2) is 0 Å². The fraction of sp³-hybridized carbons (Fsp3) is 0.538. The van der Waals surface area contributed by atoms with Crippen LogP contribution in [0.4, 0.5) is 0 Å². The number of aromatic nitrogens is 1. The summed E-state index contributed by atoms with van der Waals surface area (Å²) in [6, 6.07) is 5.49. The largest absolute Gasteiger partial charge is 0.394 e. The van der Waals surface area contributed by atoms with E-state index in [0.717, 1.165) is 12.1 Å². The average Bonchev–Trinajstić information content (AvgIpc) is 2.51. The van der Waals surface area contributed by atoms with E-state index in [1.54, 1.807) is 6.20 Å². The lowest BCUT2D eigenvalue weighted by atomic mass is 10.1. The lowest BCUT2D eigenvalue weighted by molar-refractivity contribution is -0.127. The molecule has 0 saturated carbocycles. The van der Waals surface area contributed by atoms with Gasteiger partial charge in [-0.15, -0.1) is 0 Å². The van der Waals surface area contributed by atoms with Crippen LogP contribution in [0.2, 0.25) is 0 Å². The van der Waals surface area contributed by atoms with E-state index in [4.69, 9.17) is 0 Å². The summed E-state index contributed by atoms with van der Waals surface area (Å²) in [4.78, 5) is 18.2. The van der Waals surface area contributed by atoms with Crippen molar-refractivity contribution in [2.45, 2.75) is 32.0 Å². The Morgan fingerprint density at radius 3 is 3.06 bits per heavy atom. The van der Waals surface area contributed by atoms with Gasteiger partial charge in [0.15, 0.2) is 0 Å². The zero-order chi connectivity index (χ0) is 13.0. The SMILES string of the molecule is CC1CCNC(=O)C(CO)N1Cc1ccccn1. The van der Waals surface area contributed by atoms with Crippen molar-refractivity contribution < 1.29 is 9.90 Å². The maximum atomic E-state index is 11.9. The Balaban J connectivity index is 2.17. The average molecular weight is 249 g/mol. The molecule has 1 aromatic heterocycles. The predicted molar refractivity (Wildman–Crippen MR) is 67.7 cm³/mol. The molecule has 1 amide bonds. The molecule has 0 aromatic carbocycles. The van der Waals surface area contributed by atoms with Gasteiger partial charge in [-0.05, 0) is 25.5 Å². The fourth-order valence-electron chi connectivity index (χ4n) is 2.28. The van der Waals surface area contributed by atoms with Gasteiger partial charge in [-0.1, -0.05) is 6.07 Å². The van der Waals surface area contributed by atoms with Crippen molar-refractivity contribution >= 4 is 5.91 Å². The Morgan fingerprint density at radius 2 is 2.39 bits per heavy atom. The maximum Gasteiger partial charge on any atom is 0.239 e. The molecule has 1 aliphatic rings. The van der Waals surface area contributed by atoms with E-state index in [0.29, 0.717) is 13.1 Å². The molecule has 2 atom stereocenters. The van der Waals surface area contributed by atoms with Crippen LogP contribution in [0.1, 0.15) is 19.0 Å². The van der Waals surface area contributed by atoms with E-state index in [1.807, 2.05) is 23.1 Å². The Labute approximate surface area is 107 Å². The van der Waals surface area contributed by atoms with E-state index in [2.05, 4.69) is 17.2 Å². The van der Waals surface area contributed by atoms with E-state index in [-0.39, 0.29) is 18.6 Å². The van der Waals surface area contributed by atoms with Gasteiger partial charge in [0.25, 0.3) is 0 Å². The van der Waals surface area contributed by atoms with Crippen molar-refractivity contribution in [3.8, 4) is 0 Å². The molecule has 5 heteroatoms. The molecule has 5 nitrogen and oxygen atoms in total. The summed E-state index contributed by atoms with van der Waals surface area (Å²) in [7, 11) is 0. The highest BCUT2D eigenvalue weighted by atomic mass is 16.3. The van der Waals surface area contributed by atoms with Gasteiger partial charge in [0, 0.05) is 25.3 Å². The maximum absolute atomic E-state index is 11.9. The topological polar surface area (TPSA) is 65.5 Å². The van der Waals surface area contributed by atoms with Gasteiger partial charge in [0.2, 0.25) is 5.91 Å². The molecule has 2 unspecified atom stereocenters. The standard InChI is InChI=1S/C13H19N3O2/c1-10-5-7-15-13(18)12(9-17)16(10)8-11-4-2-3-6-14-11/h2-4,6,10,12,17H,5,7-9H2,1H3,(H,15,18). The summed E-state index contributed by atoms with van der Waals surface area (Å²) in [6.07, 6.45) is 2.63. The van der Waals surface area contributed by atoms with Gasteiger partial charge in [0.05, 0.1) is 12.3 Å². The van der Waals surface area contributed by atoms with Crippen LogP contribution in [-0.4, -0.2) is 46.1 Å². The molecule has 98 valence electrons. The highest BCUT2D eigenvalue weighted by molar-refractivity contribution is 5.82. The minimum Gasteiger partial charge on any atom is -0.394 e. The van der Waals surface area contributed by atoms with E-state index in [1.165, 1.54) is 0 Å². The molecule has 0 spiro atoms. The summed E-state index contributed by atoms with van der Waals surface area (Å²) < 4.78 is 0. The summed E-state index contributed by atoms with van der Waals surface area (Å²) >= 11 is 0. The quantitative estimate of drug-likeness (QED) is 0.800. The first kappa shape index (κ1) is 13.0. The van der Waals surface area contributed by atoms with Crippen LogP contribution < -0.4 is 5.32 Å². The molecule has 0 radical (unpaired) electrons. The molecule has 1 aliphatic heterocycles.